The SMILES string of the molecule is CCC(c1ccc(CC(C)C)cc1)c1nc(O)c(-c2ccccc2)s1.[KH]. The van der Waals surface area contributed by atoms with E-state index in [4.69, 9.17) is 0 Å². The van der Waals surface area contributed by atoms with Crippen molar-refractivity contribution in [3.8, 4) is 16.3 Å². The number of benzene rings is 2. The van der Waals surface area contributed by atoms with Gasteiger partial charge in [0.15, 0.2) is 0 Å². The molecule has 1 N–H and O–H groups in total. The molecule has 0 aliphatic heterocycles. The molecule has 2 aromatic carbocycles. The van der Waals surface area contributed by atoms with Gasteiger partial charge in [0.2, 0.25) is 5.88 Å². The topological polar surface area (TPSA) is 33.1 Å². The van der Waals surface area contributed by atoms with Crippen molar-refractivity contribution in [3.05, 3.63) is 70.7 Å². The molecule has 0 bridgehead atoms. The van der Waals surface area contributed by atoms with Crippen molar-refractivity contribution < 1.29 is 5.11 Å². The molecule has 26 heavy (non-hydrogen) atoms. The molecule has 0 spiro atoms. The Kier molecular flexibility index (Phi) is 8.52. The Labute approximate surface area is 203 Å². The monoisotopic (exact) mass is 391 g/mol. The van der Waals surface area contributed by atoms with Crippen molar-refractivity contribution in [1.29, 1.82) is 0 Å². The van der Waals surface area contributed by atoms with E-state index in [1.165, 1.54) is 11.1 Å². The first-order valence-corrected chi connectivity index (χ1v) is 9.74. The zero-order valence-corrected chi connectivity index (χ0v) is 15.9. The second kappa shape index (κ2) is 10.2. The van der Waals surface area contributed by atoms with Crippen LogP contribution in [0, 0.1) is 5.92 Å². The van der Waals surface area contributed by atoms with Crippen LogP contribution in [0.4, 0.5) is 0 Å². The summed E-state index contributed by atoms with van der Waals surface area (Å²) in [5, 5.41) is 11.3. The molecule has 0 fully saturated rings. The normalized spacial score (nSPS) is 12.0. The first-order chi connectivity index (χ1) is 12.1. The van der Waals surface area contributed by atoms with Gasteiger partial charge in [-0.15, -0.1) is 11.3 Å². The summed E-state index contributed by atoms with van der Waals surface area (Å²) in [6.07, 6.45) is 2.07. The molecular weight excluding hydrogens is 365 g/mol. The molecule has 0 aliphatic carbocycles. The van der Waals surface area contributed by atoms with E-state index in [1.807, 2.05) is 30.3 Å². The van der Waals surface area contributed by atoms with E-state index < -0.39 is 0 Å². The Morgan fingerprint density at radius 3 is 2.23 bits per heavy atom. The summed E-state index contributed by atoms with van der Waals surface area (Å²) in [4.78, 5) is 5.33. The van der Waals surface area contributed by atoms with Crippen molar-refractivity contribution >= 4 is 62.7 Å². The maximum atomic E-state index is 10.3. The summed E-state index contributed by atoms with van der Waals surface area (Å²) in [5.74, 6) is 1.03. The molecule has 0 radical (unpaired) electrons. The third-order valence-electron chi connectivity index (χ3n) is 4.39. The van der Waals surface area contributed by atoms with E-state index >= 15 is 0 Å². The molecule has 0 amide bonds. The van der Waals surface area contributed by atoms with Gasteiger partial charge in [-0.3, -0.25) is 0 Å². The van der Waals surface area contributed by atoms with Crippen LogP contribution >= 0.6 is 11.3 Å². The number of thiazole rings is 1. The van der Waals surface area contributed by atoms with Crippen LogP contribution in [0.15, 0.2) is 54.6 Å². The minimum atomic E-state index is 0. The first-order valence-electron chi connectivity index (χ1n) is 8.92. The van der Waals surface area contributed by atoms with Crippen molar-refractivity contribution in [1.82, 2.24) is 4.98 Å². The van der Waals surface area contributed by atoms with Gasteiger partial charge in [0.1, 0.15) is 5.01 Å². The fraction of sp³-hybridized carbons (Fsp3) is 0.318. The fourth-order valence-electron chi connectivity index (χ4n) is 3.17. The van der Waals surface area contributed by atoms with Gasteiger partial charge in [-0.25, -0.2) is 4.98 Å². The van der Waals surface area contributed by atoms with Crippen LogP contribution in [0.2, 0.25) is 0 Å². The number of hydrogen-bond acceptors (Lipinski definition) is 3. The molecule has 0 aliphatic rings. The summed E-state index contributed by atoms with van der Waals surface area (Å²) in [7, 11) is 0. The van der Waals surface area contributed by atoms with Gasteiger partial charge in [0.05, 0.1) is 4.88 Å². The summed E-state index contributed by atoms with van der Waals surface area (Å²) < 4.78 is 0. The third kappa shape index (κ3) is 5.28. The second-order valence-electron chi connectivity index (χ2n) is 6.87. The molecule has 3 rings (SSSR count). The van der Waals surface area contributed by atoms with Gasteiger partial charge in [0, 0.05) is 5.92 Å². The van der Waals surface area contributed by atoms with Crippen LogP contribution in [-0.2, 0) is 6.42 Å². The summed E-state index contributed by atoms with van der Waals surface area (Å²) in [6.45, 7) is 6.66. The van der Waals surface area contributed by atoms with Gasteiger partial charge >= 0.3 is 51.4 Å². The zero-order valence-electron chi connectivity index (χ0n) is 15.1. The average molecular weight is 392 g/mol. The second-order valence-corrected chi connectivity index (χ2v) is 7.90. The molecule has 4 heteroatoms. The molecule has 0 saturated carbocycles. The molecule has 1 unspecified atom stereocenters. The molecule has 1 aromatic heterocycles. The minimum absolute atomic E-state index is 0. The molecule has 132 valence electrons. The molecule has 0 saturated heterocycles. The van der Waals surface area contributed by atoms with Crippen LogP contribution in [0.5, 0.6) is 5.88 Å². The van der Waals surface area contributed by atoms with E-state index in [9.17, 15) is 5.11 Å². The predicted octanol–water partition coefficient (Wildman–Crippen LogP) is 5.61. The van der Waals surface area contributed by atoms with Gasteiger partial charge in [-0.2, -0.15) is 0 Å². The number of rotatable bonds is 6. The van der Waals surface area contributed by atoms with Crippen molar-refractivity contribution in [3.63, 3.8) is 0 Å². The Morgan fingerprint density at radius 1 is 1.00 bits per heavy atom. The van der Waals surface area contributed by atoms with E-state index in [1.54, 1.807) is 11.3 Å². The molecular formula is C22H26KNOS. The first kappa shape index (κ1) is 21.8. The van der Waals surface area contributed by atoms with Crippen molar-refractivity contribution in [2.75, 3.05) is 0 Å². The van der Waals surface area contributed by atoms with Gasteiger partial charge in [-0.1, -0.05) is 75.4 Å². The third-order valence-corrected chi connectivity index (χ3v) is 5.60. The van der Waals surface area contributed by atoms with Crippen LogP contribution in [-0.4, -0.2) is 61.5 Å². The maximum absolute atomic E-state index is 10.3. The fourth-order valence-corrected chi connectivity index (χ4v) is 4.34. The predicted molar refractivity (Wildman–Crippen MR) is 113 cm³/mol. The van der Waals surface area contributed by atoms with E-state index in [0.29, 0.717) is 5.92 Å². The Morgan fingerprint density at radius 2 is 1.65 bits per heavy atom. The molecule has 2 nitrogen and oxygen atoms in total. The summed E-state index contributed by atoms with van der Waals surface area (Å²) >= 11 is 1.59. The van der Waals surface area contributed by atoms with E-state index in [-0.39, 0.29) is 63.2 Å². The van der Waals surface area contributed by atoms with Crippen LogP contribution in [0.3, 0.4) is 0 Å². The standard InChI is InChI=1S/C22H25NOS.K.H/c1-4-19(17-12-10-16(11-13-17)14-15(2)3)22-23-21(24)20(25-22)18-8-6-5-7-9-18;;/h5-13,15,19,24H,4,14H2,1-3H3;;. The van der Waals surface area contributed by atoms with E-state index in [2.05, 4.69) is 50.0 Å². The number of hydrogen-bond donors (Lipinski definition) is 1. The zero-order chi connectivity index (χ0) is 17.8. The average Bonchev–Trinajstić information content (AvgIpc) is 2.99. The van der Waals surface area contributed by atoms with Crippen LogP contribution in [0.1, 0.15) is 49.2 Å². The van der Waals surface area contributed by atoms with Gasteiger partial charge in [0.25, 0.3) is 0 Å². The van der Waals surface area contributed by atoms with Crippen molar-refractivity contribution in [2.24, 2.45) is 5.92 Å². The summed E-state index contributed by atoms with van der Waals surface area (Å²) in [5.41, 5.74) is 3.66. The molecule has 1 heterocycles. The number of aromatic hydroxyl groups is 1. The number of aromatic nitrogens is 1. The summed E-state index contributed by atoms with van der Waals surface area (Å²) in [6, 6.07) is 18.9. The van der Waals surface area contributed by atoms with Gasteiger partial charge < -0.3 is 5.11 Å². The molecule has 1 atom stereocenters. The Balaban J connectivity index is 0.00000243. The quantitative estimate of drug-likeness (QED) is 0.554. The Hall–Kier alpha value is -0.494. The van der Waals surface area contributed by atoms with Crippen LogP contribution in [0.25, 0.3) is 10.4 Å². The van der Waals surface area contributed by atoms with E-state index in [0.717, 1.165) is 28.3 Å². The van der Waals surface area contributed by atoms with Crippen LogP contribution < -0.4 is 0 Å². The molecule has 3 aromatic rings. The van der Waals surface area contributed by atoms with Gasteiger partial charge in [-0.05, 0) is 35.4 Å². The van der Waals surface area contributed by atoms with Crippen molar-refractivity contribution in [2.45, 2.75) is 39.5 Å². The Bertz CT molecular complexity index is 812. The number of nitrogens with zero attached hydrogens (tertiary/aromatic N) is 1.